The maximum absolute atomic E-state index is 13.5. The number of carbonyl (C=O) groups excluding carboxylic acids is 1. The van der Waals surface area contributed by atoms with Crippen LogP contribution in [0.2, 0.25) is 0 Å². The Kier molecular flexibility index (Phi) is 5.14. The third kappa shape index (κ3) is 3.93. The van der Waals surface area contributed by atoms with Crippen molar-refractivity contribution in [3.8, 4) is 5.75 Å². The van der Waals surface area contributed by atoms with Gasteiger partial charge >= 0.3 is 0 Å². The van der Waals surface area contributed by atoms with Crippen molar-refractivity contribution < 1.29 is 18.3 Å². The molecule has 0 saturated carbocycles. The first-order valence-electron chi connectivity index (χ1n) is 7.97. The second-order valence-corrected chi connectivity index (χ2v) is 7.07. The van der Waals surface area contributed by atoms with Crippen molar-refractivity contribution in [2.75, 3.05) is 13.1 Å². The molecule has 3 nitrogen and oxygen atoms in total. The number of halogens is 2. The lowest BCUT2D eigenvalue weighted by Crippen LogP contribution is -2.37. The lowest BCUT2D eigenvalue weighted by molar-refractivity contribution is 0.0702. The van der Waals surface area contributed by atoms with Crippen LogP contribution < -0.4 is 4.74 Å². The highest BCUT2D eigenvalue weighted by atomic mass is 32.1. The highest BCUT2D eigenvalue weighted by molar-refractivity contribution is 7.12. The molecule has 1 fully saturated rings. The molecule has 1 aliphatic heterocycles. The van der Waals surface area contributed by atoms with Crippen LogP contribution >= 0.6 is 11.3 Å². The molecule has 2 aromatic rings. The van der Waals surface area contributed by atoms with Crippen molar-refractivity contribution in [1.29, 1.82) is 0 Å². The summed E-state index contributed by atoms with van der Waals surface area (Å²) in [5, 5.41) is 1.83. The predicted molar refractivity (Wildman–Crippen MR) is 89.3 cm³/mol. The van der Waals surface area contributed by atoms with E-state index < -0.39 is 11.6 Å². The van der Waals surface area contributed by atoms with Gasteiger partial charge < -0.3 is 9.64 Å². The van der Waals surface area contributed by atoms with Gasteiger partial charge in [-0.1, -0.05) is 6.92 Å². The minimum Gasteiger partial charge on any atom is -0.486 e. The average Bonchev–Trinajstić information content (AvgIpc) is 3.03. The molecular weight excluding hydrogens is 332 g/mol. The number of hydrogen-bond donors (Lipinski definition) is 0. The lowest BCUT2D eigenvalue weighted by Gasteiger charge is -2.29. The monoisotopic (exact) mass is 351 g/mol. The summed E-state index contributed by atoms with van der Waals surface area (Å²) >= 11 is 1.37. The van der Waals surface area contributed by atoms with Crippen molar-refractivity contribution in [2.45, 2.75) is 26.4 Å². The molecule has 1 aromatic carbocycles. The van der Waals surface area contributed by atoms with Crippen LogP contribution in [0.1, 0.15) is 35.0 Å². The Morgan fingerprint density at radius 3 is 2.75 bits per heavy atom. The molecule has 0 radical (unpaired) electrons. The summed E-state index contributed by atoms with van der Waals surface area (Å²) in [6, 6.07) is 4.98. The Labute approximate surface area is 143 Å². The molecule has 0 N–H and O–H groups in total. The summed E-state index contributed by atoms with van der Waals surface area (Å²) in [4.78, 5) is 15.0. The van der Waals surface area contributed by atoms with Gasteiger partial charge in [0.25, 0.3) is 5.91 Å². The Balaban J connectivity index is 1.60. The largest absolute Gasteiger partial charge is 0.486 e. The van der Waals surface area contributed by atoms with Gasteiger partial charge in [-0.15, -0.1) is 11.3 Å². The number of carbonyl (C=O) groups is 1. The van der Waals surface area contributed by atoms with Crippen molar-refractivity contribution in [1.82, 2.24) is 4.90 Å². The van der Waals surface area contributed by atoms with Crippen LogP contribution in [0.4, 0.5) is 8.78 Å². The molecule has 0 spiro atoms. The predicted octanol–water partition coefficient (Wildman–Crippen LogP) is 4.48. The van der Waals surface area contributed by atoms with Crippen molar-refractivity contribution in [3.63, 3.8) is 0 Å². The van der Waals surface area contributed by atoms with Crippen molar-refractivity contribution in [2.24, 2.45) is 5.92 Å². The molecule has 1 aromatic heterocycles. The van der Waals surface area contributed by atoms with Crippen molar-refractivity contribution in [3.05, 3.63) is 51.7 Å². The second-order valence-electron chi connectivity index (χ2n) is 6.16. The first-order chi connectivity index (χ1) is 11.5. The molecule has 0 atom stereocenters. The number of likely N-dealkylation sites (tertiary alicyclic amines) is 1. The molecular formula is C18H19F2NO2S. The highest BCUT2D eigenvalue weighted by Crippen LogP contribution is 2.24. The highest BCUT2D eigenvalue weighted by Gasteiger charge is 2.22. The fourth-order valence-corrected chi connectivity index (χ4v) is 3.55. The van der Waals surface area contributed by atoms with E-state index in [1.54, 1.807) is 6.07 Å². The summed E-state index contributed by atoms with van der Waals surface area (Å²) < 4.78 is 31.8. The van der Waals surface area contributed by atoms with E-state index in [2.05, 4.69) is 6.92 Å². The van der Waals surface area contributed by atoms with Gasteiger partial charge in [-0.2, -0.15) is 0 Å². The zero-order chi connectivity index (χ0) is 17.1. The number of rotatable bonds is 4. The fourth-order valence-electron chi connectivity index (χ4n) is 2.68. The standard InChI is InChI=1S/C18H19F2NO2S/c1-12-4-6-21(7-5-12)18(22)17-8-13(11-24-17)10-23-16-3-2-14(19)9-15(16)20/h2-3,8-9,11-12H,4-7,10H2,1H3. The number of ether oxygens (including phenoxy) is 1. The van der Waals surface area contributed by atoms with Gasteiger partial charge in [0, 0.05) is 24.7 Å². The molecule has 1 aliphatic rings. The normalized spacial score (nSPS) is 15.5. The number of benzene rings is 1. The van der Waals surface area contributed by atoms with E-state index >= 15 is 0 Å². The molecule has 128 valence electrons. The minimum atomic E-state index is -0.732. The van der Waals surface area contributed by atoms with Gasteiger partial charge in [-0.05, 0) is 42.3 Å². The van der Waals surface area contributed by atoms with Crippen LogP contribution in [0.5, 0.6) is 5.75 Å². The Morgan fingerprint density at radius 2 is 2.04 bits per heavy atom. The van der Waals surface area contributed by atoms with E-state index in [9.17, 15) is 13.6 Å². The maximum atomic E-state index is 13.5. The molecule has 6 heteroatoms. The number of amides is 1. The van der Waals surface area contributed by atoms with Crippen LogP contribution in [-0.2, 0) is 6.61 Å². The first kappa shape index (κ1) is 16.9. The number of hydrogen-bond acceptors (Lipinski definition) is 3. The Morgan fingerprint density at radius 1 is 1.29 bits per heavy atom. The number of nitrogens with zero attached hydrogens (tertiary/aromatic N) is 1. The van der Waals surface area contributed by atoms with E-state index in [-0.39, 0.29) is 18.3 Å². The molecule has 0 unspecified atom stereocenters. The molecule has 0 bridgehead atoms. The zero-order valence-electron chi connectivity index (χ0n) is 13.4. The van der Waals surface area contributed by atoms with Gasteiger partial charge in [0.05, 0.1) is 4.88 Å². The average molecular weight is 351 g/mol. The first-order valence-corrected chi connectivity index (χ1v) is 8.85. The van der Waals surface area contributed by atoms with Gasteiger partial charge in [0.1, 0.15) is 12.4 Å². The van der Waals surface area contributed by atoms with Crippen LogP contribution in [0.3, 0.4) is 0 Å². The molecule has 2 heterocycles. The molecule has 1 amide bonds. The summed E-state index contributed by atoms with van der Waals surface area (Å²) in [7, 11) is 0. The van der Waals surface area contributed by atoms with Crippen molar-refractivity contribution >= 4 is 17.2 Å². The molecule has 24 heavy (non-hydrogen) atoms. The number of thiophene rings is 1. The van der Waals surface area contributed by atoms with Gasteiger partial charge in [0.15, 0.2) is 11.6 Å². The topological polar surface area (TPSA) is 29.5 Å². The third-order valence-corrected chi connectivity index (χ3v) is 5.19. The van der Waals surface area contributed by atoms with Gasteiger partial charge in [0.2, 0.25) is 0 Å². The third-order valence-electron chi connectivity index (χ3n) is 4.22. The zero-order valence-corrected chi connectivity index (χ0v) is 14.2. The fraction of sp³-hybridized carbons (Fsp3) is 0.389. The van der Waals surface area contributed by atoms with Crippen LogP contribution in [0, 0.1) is 17.6 Å². The van der Waals surface area contributed by atoms with E-state index in [0.717, 1.165) is 43.6 Å². The van der Waals surface area contributed by atoms with Gasteiger partial charge in [-0.3, -0.25) is 4.79 Å². The van der Waals surface area contributed by atoms with Crippen LogP contribution in [0.15, 0.2) is 29.6 Å². The SMILES string of the molecule is CC1CCN(C(=O)c2cc(COc3ccc(F)cc3F)cs2)CC1. The Bertz CT molecular complexity index is 724. The van der Waals surface area contributed by atoms with E-state index in [1.165, 1.54) is 17.4 Å². The van der Waals surface area contributed by atoms with E-state index in [0.29, 0.717) is 10.8 Å². The van der Waals surface area contributed by atoms with Gasteiger partial charge in [-0.25, -0.2) is 8.78 Å². The summed E-state index contributed by atoms with van der Waals surface area (Å²) in [5.41, 5.74) is 0.803. The molecule has 0 aliphatic carbocycles. The molecule has 3 rings (SSSR count). The number of piperidine rings is 1. The van der Waals surface area contributed by atoms with Crippen LogP contribution in [0.25, 0.3) is 0 Å². The summed E-state index contributed by atoms with van der Waals surface area (Å²) in [6.07, 6.45) is 2.08. The second kappa shape index (κ2) is 7.30. The quantitative estimate of drug-likeness (QED) is 0.813. The summed E-state index contributed by atoms with van der Waals surface area (Å²) in [6.45, 7) is 3.94. The minimum absolute atomic E-state index is 0.000458. The smallest absolute Gasteiger partial charge is 0.263 e. The summed E-state index contributed by atoms with van der Waals surface area (Å²) in [5.74, 6) is -0.651. The van der Waals surface area contributed by atoms with E-state index in [4.69, 9.17) is 4.74 Å². The Hall–Kier alpha value is -1.95. The van der Waals surface area contributed by atoms with E-state index in [1.807, 2.05) is 10.3 Å². The maximum Gasteiger partial charge on any atom is 0.263 e. The molecule has 1 saturated heterocycles. The van der Waals surface area contributed by atoms with Crippen LogP contribution in [-0.4, -0.2) is 23.9 Å². The lowest BCUT2D eigenvalue weighted by atomic mass is 9.99.